The standard InChI is InChI=1S/C25H27FN2O5S/c1-15-11-17(23(30)32-19-12-27(13-19)24(31)33-25(2,3)4)7-10-20(15)28-21(29)14-34-22(28)16-5-8-18(26)9-6-16/h5-11,19,22H,12-14H2,1-4H3. The second-order valence-corrected chi connectivity index (χ2v) is 10.5. The van der Waals surface area contributed by atoms with E-state index in [1.807, 2.05) is 6.92 Å². The van der Waals surface area contributed by atoms with E-state index in [2.05, 4.69) is 0 Å². The number of likely N-dealkylation sites (tertiary alicyclic amines) is 1. The summed E-state index contributed by atoms with van der Waals surface area (Å²) in [5, 5.41) is -0.265. The zero-order valence-electron chi connectivity index (χ0n) is 19.5. The zero-order chi connectivity index (χ0) is 24.6. The van der Waals surface area contributed by atoms with Gasteiger partial charge in [0.25, 0.3) is 0 Å². The highest BCUT2D eigenvalue weighted by molar-refractivity contribution is 8.00. The van der Waals surface area contributed by atoms with E-state index in [0.717, 1.165) is 11.1 Å². The number of nitrogens with zero attached hydrogens (tertiary/aromatic N) is 2. The van der Waals surface area contributed by atoms with Crippen LogP contribution in [0.4, 0.5) is 14.9 Å². The predicted molar refractivity (Wildman–Crippen MR) is 127 cm³/mol. The van der Waals surface area contributed by atoms with Crippen LogP contribution in [-0.4, -0.2) is 53.4 Å². The van der Waals surface area contributed by atoms with Crippen LogP contribution in [0, 0.1) is 12.7 Å². The van der Waals surface area contributed by atoms with E-state index in [0.29, 0.717) is 17.0 Å². The molecule has 9 heteroatoms. The molecule has 2 fully saturated rings. The summed E-state index contributed by atoms with van der Waals surface area (Å²) in [5.41, 5.74) is 2.07. The molecule has 0 aromatic heterocycles. The van der Waals surface area contributed by atoms with Gasteiger partial charge >= 0.3 is 12.1 Å². The number of carbonyl (C=O) groups is 3. The summed E-state index contributed by atoms with van der Waals surface area (Å²) < 4.78 is 24.2. The Morgan fingerprint density at radius 2 is 1.76 bits per heavy atom. The van der Waals surface area contributed by atoms with Gasteiger partial charge in [0, 0.05) is 5.69 Å². The number of hydrogen-bond acceptors (Lipinski definition) is 6. The molecule has 2 aliphatic heterocycles. The van der Waals surface area contributed by atoms with Crippen LogP contribution in [0.25, 0.3) is 0 Å². The average molecular weight is 487 g/mol. The van der Waals surface area contributed by atoms with Gasteiger partial charge in [0.2, 0.25) is 5.91 Å². The van der Waals surface area contributed by atoms with Crippen LogP contribution in [0.1, 0.15) is 47.6 Å². The zero-order valence-corrected chi connectivity index (χ0v) is 20.4. The van der Waals surface area contributed by atoms with E-state index in [4.69, 9.17) is 9.47 Å². The molecule has 0 saturated carbocycles. The largest absolute Gasteiger partial charge is 0.455 e. The molecule has 0 spiro atoms. The molecule has 0 radical (unpaired) electrons. The van der Waals surface area contributed by atoms with E-state index in [1.54, 1.807) is 56.0 Å². The van der Waals surface area contributed by atoms with Crippen LogP contribution in [-0.2, 0) is 14.3 Å². The number of amides is 2. The summed E-state index contributed by atoms with van der Waals surface area (Å²) in [6.45, 7) is 7.80. The molecule has 1 unspecified atom stereocenters. The third-order valence-electron chi connectivity index (χ3n) is 5.49. The molecule has 7 nitrogen and oxygen atoms in total. The Morgan fingerprint density at radius 3 is 2.38 bits per heavy atom. The van der Waals surface area contributed by atoms with Gasteiger partial charge in [-0.15, -0.1) is 11.8 Å². The van der Waals surface area contributed by atoms with Crippen molar-refractivity contribution in [2.24, 2.45) is 0 Å². The number of esters is 1. The van der Waals surface area contributed by atoms with Crippen molar-refractivity contribution in [3.63, 3.8) is 0 Å². The van der Waals surface area contributed by atoms with Crippen molar-refractivity contribution < 1.29 is 28.2 Å². The fraction of sp³-hybridized carbons (Fsp3) is 0.400. The molecule has 4 rings (SSSR count). The lowest BCUT2D eigenvalue weighted by Gasteiger charge is -2.38. The molecule has 2 saturated heterocycles. The van der Waals surface area contributed by atoms with Gasteiger partial charge in [-0.25, -0.2) is 14.0 Å². The second kappa shape index (κ2) is 9.29. The van der Waals surface area contributed by atoms with Gasteiger partial charge in [-0.05, 0) is 69.2 Å². The predicted octanol–water partition coefficient (Wildman–Crippen LogP) is 4.69. The van der Waals surface area contributed by atoms with Crippen molar-refractivity contribution in [1.29, 1.82) is 0 Å². The first-order valence-corrected chi connectivity index (χ1v) is 12.1. The summed E-state index contributed by atoms with van der Waals surface area (Å²) in [5.74, 6) is -0.541. The van der Waals surface area contributed by atoms with Gasteiger partial charge in [0.1, 0.15) is 22.9 Å². The molecule has 2 aliphatic rings. The number of aryl methyl sites for hydroxylation is 1. The Kier molecular flexibility index (Phi) is 6.58. The number of thioether (sulfide) groups is 1. The highest BCUT2D eigenvalue weighted by atomic mass is 32.2. The number of benzene rings is 2. The van der Waals surface area contributed by atoms with Gasteiger partial charge in [-0.3, -0.25) is 9.69 Å². The molecule has 2 amide bonds. The van der Waals surface area contributed by atoms with Crippen molar-refractivity contribution >= 4 is 35.4 Å². The van der Waals surface area contributed by atoms with Gasteiger partial charge in [-0.1, -0.05) is 12.1 Å². The highest BCUT2D eigenvalue weighted by Gasteiger charge is 2.37. The van der Waals surface area contributed by atoms with Crippen LogP contribution in [0.2, 0.25) is 0 Å². The number of hydrogen-bond donors (Lipinski definition) is 0. The van der Waals surface area contributed by atoms with E-state index in [9.17, 15) is 18.8 Å². The third kappa shape index (κ3) is 5.19. The monoisotopic (exact) mass is 486 g/mol. The second-order valence-electron chi connectivity index (χ2n) is 9.39. The molecule has 2 heterocycles. The summed E-state index contributed by atoms with van der Waals surface area (Å²) >= 11 is 1.48. The molecule has 180 valence electrons. The molecule has 0 aliphatic carbocycles. The van der Waals surface area contributed by atoms with Crippen molar-refractivity contribution in [2.45, 2.75) is 44.8 Å². The van der Waals surface area contributed by atoms with Crippen LogP contribution in [0.5, 0.6) is 0 Å². The molecule has 0 N–H and O–H groups in total. The Bertz CT molecular complexity index is 1110. The fourth-order valence-electron chi connectivity index (χ4n) is 3.82. The number of ether oxygens (including phenoxy) is 2. The minimum Gasteiger partial charge on any atom is -0.455 e. The van der Waals surface area contributed by atoms with Crippen LogP contribution >= 0.6 is 11.8 Å². The molecule has 0 bridgehead atoms. The Morgan fingerprint density at radius 1 is 1.09 bits per heavy atom. The van der Waals surface area contributed by atoms with Gasteiger partial charge < -0.3 is 14.4 Å². The molecule has 2 aromatic carbocycles. The normalized spacial score (nSPS) is 18.6. The maximum absolute atomic E-state index is 13.3. The Hall–Kier alpha value is -3.07. The molecular formula is C25H27FN2O5S. The van der Waals surface area contributed by atoms with Crippen molar-refractivity contribution in [1.82, 2.24) is 4.90 Å². The lowest BCUT2D eigenvalue weighted by molar-refractivity contribution is -0.115. The Balaban J connectivity index is 1.41. The number of halogens is 1. The molecular weight excluding hydrogens is 459 g/mol. The van der Waals surface area contributed by atoms with E-state index in [-0.39, 0.29) is 36.3 Å². The number of rotatable bonds is 4. The van der Waals surface area contributed by atoms with Crippen molar-refractivity contribution in [3.8, 4) is 0 Å². The first-order valence-electron chi connectivity index (χ1n) is 11.0. The minimum atomic E-state index is -0.580. The number of carbonyl (C=O) groups excluding carboxylic acids is 3. The van der Waals surface area contributed by atoms with Crippen molar-refractivity contribution in [3.05, 3.63) is 65.0 Å². The quantitative estimate of drug-likeness (QED) is 0.584. The van der Waals surface area contributed by atoms with Crippen LogP contribution in [0.15, 0.2) is 42.5 Å². The summed E-state index contributed by atoms with van der Waals surface area (Å²) in [6, 6.07) is 11.2. The van der Waals surface area contributed by atoms with Gasteiger partial charge in [0.15, 0.2) is 0 Å². The highest BCUT2D eigenvalue weighted by Crippen LogP contribution is 2.43. The lowest BCUT2D eigenvalue weighted by atomic mass is 10.1. The first-order chi connectivity index (χ1) is 16.0. The maximum Gasteiger partial charge on any atom is 0.410 e. The lowest BCUT2D eigenvalue weighted by Crippen LogP contribution is -2.56. The molecule has 1 atom stereocenters. The summed E-state index contributed by atoms with van der Waals surface area (Å²) in [6.07, 6.45) is -0.816. The molecule has 34 heavy (non-hydrogen) atoms. The summed E-state index contributed by atoms with van der Waals surface area (Å²) in [7, 11) is 0. The third-order valence-corrected chi connectivity index (χ3v) is 6.70. The topological polar surface area (TPSA) is 76.2 Å². The van der Waals surface area contributed by atoms with Crippen LogP contribution < -0.4 is 4.90 Å². The SMILES string of the molecule is Cc1cc(C(=O)OC2CN(C(=O)OC(C)(C)C)C2)ccc1N1C(=O)CSC1c1ccc(F)cc1. The maximum atomic E-state index is 13.3. The van der Waals surface area contributed by atoms with Crippen molar-refractivity contribution in [2.75, 3.05) is 23.7 Å². The van der Waals surface area contributed by atoms with Gasteiger partial charge in [-0.2, -0.15) is 0 Å². The smallest absolute Gasteiger partial charge is 0.410 e. The Labute approximate surface area is 202 Å². The minimum absolute atomic E-state index is 0.0468. The fourth-order valence-corrected chi connectivity index (χ4v) is 4.99. The average Bonchev–Trinajstić information content (AvgIpc) is 3.10. The number of anilines is 1. The summed E-state index contributed by atoms with van der Waals surface area (Å²) in [4.78, 5) is 40.5. The molecule has 2 aromatic rings. The van der Waals surface area contributed by atoms with E-state index in [1.165, 1.54) is 28.8 Å². The van der Waals surface area contributed by atoms with Crippen LogP contribution in [0.3, 0.4) is 0 Å². The van der Waals surface area contributed by atoms with Gasteiger partial charge in [0.05, 0.1) is 24.4 Å². The van der Waals surface area contributed by atoms with E-state index < -0.39 is 17.7 Å². The first kappa shape index (κ1) is 24.1. The van der Waals surface area contributed by atoms with E-state index >= 15 is 0 Å².